The molecule has 120 valence electrons. The van der Waals surface area contributed by atoms with Crippen molar-refractivity contribution < 1.29 is 14.6 Å². The summed E-state index contributed by atoms with van der Waals surface area (Å²) in [5.74, 6) is 0.477. The van der Waals surface area contributed by atoms with E-state index >= 15 is 0 Å². The molecular formula is C16H28N2O3. The van der Waals surface area contributed by atoms with E-state index in [0.29, 0.717) is 12.5 Å². The Morgan fingerprint density at radius 2 is 2.14 bits per heavy atom. The first kappa shape index (κ1) is 15.3. The van der Waals surface area contributed by atoms with Gasteiger partial charge in [-0.1, -0.05) is 13.8 Å². The third kappa shape index (κ3) is 2.21. The monoisotopic (exact) mass is 296 g/mol. The first-order valence-corrected chi connectivity index (χ1v) is 8.24. The first-order chi connectivity index (χ1) is 9.87. The van der Waals surface area contributed by atoms with Crippen LogP contribution in [0.4, 0.5) is 0 Å². The van der Waals surface area contributed by atoms with E-state index in [1.165, 1.54) is 0 Å². The highest BCUT2D eigenvalue weighted by molar-refractivity contribution is 5.89. The van der Waals surface area contributed by atoms with Gasteiger partial charge in [0, 0.05) is 24.5 Å². The lowest BCUT2D eigenvalue weighted by molar-refractivity contribution is -0.225. The van der Waals surface area contributed by atoms with Crippen LogP contribution in [0.25, 0.3) is 0 Å². The van der Waals surface area contributed by atoms with E-state index in [9.17, 15) is 9.90 Å². The van der Waals surface area contributed by atoms with Gasteiger partial charge in [-0.15, -0.1) is 0 Å². The summed E-state index contributed by atoms with van der Waals surface area (Å²) in [6.07, 6.45) is 4.48. The zero-order chi connectivity index (χ0) is 15.3. The second-order valence-electron chi connectivity index (χ2n) is 7.67. The largest absolute Gasteiger partial charge is 0.393 e. The molecule has 4 N–H and O–H groups in total. The Kier molecular flexibility index (Phi) is 3.79. The highest BCUT2D eigenvalue weighted by atomic mass is 16.5. The van der Waals surface area contributed by atoms with Crippen molar-refractivity contribution in [1.82, 2.24) is 5.32 Å². The van der Waals surface area contributed by atoms with Crippen molar-refractivity contribution in [3.63, 3.8) is 0 Å². The van der Waals surface area contributed by atoms with E-state index < -0.39 is 5.54 Å². The summed E-state index contributed by atoms with van der Waals surface area (Å²) in [6.45, 7) is 5.49. The van der Waals surface area contributed by atoms with E-state index in [1.807, 2.05) is 13.8 Å². The topological polar surface area (TPSA) is 84.6 Å². The Morgan fingerprint density at radius 3 is 2.81 bits per heavy atom. The third-order valence-corrected chi connectivity index (χ3v) is 6.13. The number of nitrogens with two attached hydrogens (primary N) is 1. The highest BCUT2D eigenvalue weighted by Crippen LogP contribution is 2.57. The van der Waals surface area contributed by atoms with Gasteiger partial charge >= 0.3 is 0 Å². The normalized spacial score (nSPS) is 44.8. The molecule has 5 heteroatoms. The molecule has 1 aliphatic heterocycles. The molecule has 21 heavy (non-hydrogen) atoms. The molecule has 3 aliphatic rings. The minimum Gasteiger partial charge on any atom is -0.393 e. The molecule has 0 aromatic rings. The lowest BCUT2D eigenvalue weighted by atomic mass is 9.46. The van der Waals surface area contributed by atoms with Crippen LogP contribution < -0.4 is 11.1 Å². The van der Waals surface area contributed by atoms with Crippen molar-refractivity contribution in [2.75, 3.05) is 13.2 Å². The van der Waals surface area contributed by atoms with Gasteiger partial charge in [0.1, 0.15) is 5.54 Å². The standard InChI is InChI=1S/C16H28N2O3/c1-15(2)13-12(4-3-7-21-13)16(15,17)14(20)18-9-10-5-6-11(19)8-10/h10-13,19H,3-9,17H2,1-2H3,(H,18,20). The van der Waals surface area contributed by atoms with Crippen LogP contribution >= 0.6 is 0 Å². The summed E-state index contributed by atoms with van der Waals surface area (Å²) in [5, 5.41) is 12.6. The van der Waals surface area contributed by atoms with Crippen LogP contribution in [-0.2, 0) is 9.53 Å². The van der Waals surface area contributed by atoms with Crippen LogP contribution in [0.15, 0.2) is 0 Å². The molecule has 0 spiro atoms. The summed E-state index contributed by atoms with van der Waals surface area (Å²) < 4.78 is 5.84. The zero-order valence-electron chi connectivity index (χ0n) is 13.1. The van der Waals surface area contributed by atoms with E-state index in [4.69, 9.17) is 10.5 Å². The maximum atomic E-state index is 12.7. The Balaban J connectivity index is 1.63. The van der Waals surface area contributed by atoms with Gasteiger partial charge in [0.15, 0.2) is 0 Å². The van der Waals surface area contributed by atoms with E-state index in [0.717, 1.165) is 38.7 Å². The van der Waals surface area contributed by atoms with Crippen molar-refractivity contribution in [2.24, 2.45) is 23.0 Å². The summed E-state index contributed by atoms with van der Waals surface area (Å²) in [7, 11) is 0. The molecule has 5 nitrogen and oxygen atoms in total. The quantitative estimate of drug-likeness (QED) is 0.719. The summed E-state index contributed by atoms with van der Waals surface area (Å²) in [6, 6.07) is 0. The molecule has 1 saturated heterocycles. The van der Waals surface area contributed by atoms with E-state index in [-0.39, 0.29) is 29.4 Å². The Labute approximate surface area is 126 Å². The molecule has 0 aromatic carbocycles. The van der Waals surface area contributed by atoms with Crippen LogP contribution in [0.5, 0.6) is 0 Å². The van der Waals surface area contributed by atoms with Crippen molar-refractivity contribution in [2.45, 2.75) is 63.7 Å². The average Bonchev–Trinajstić information content (AvgIpc) is 2.89. The number of ether oxygens (including phenoxy) is 1. The van der Waals surface area contributed by atoms with E-state index in [2.05, 4.69) is 5.32 Å². The third-order valence-electron chi connectivity index (χ3n) is 6.13. The summed E-state index contributed by atoms with van der Waals surface area (Å²) in [4.78, 5) is 12.7. The molecule has 0 aromatic heterocycles. The summed E-state index contributed by atoms with van der Waals surface area (Å²) >= 11 is 0. The molecule has 3 rings (SSSR count). The highest BCUT2D eigenvalue weighted by Gasteiger charge is 2.70. The van der Waals surface area contributed by atoms with Gasteiger partial charge in [-0.05, 0) is 38.0 Å². The Morgan fingerprint density at radius 1 is 1.38 bits per heavy atom. The van der Waals surface area contributed by atoms with Gasteiger partial charge in [-0.2, -0.15) is 0 Å². The number of amides is 1. The predicted octanol–water partition coefficient (Wildman–Crippen LogP) is 0.796. The Hall–Kier alpha value is -0.650. The van der Waals surface area contributed by atoms with E-state index in [1.54, 1.807) is 0 Å². The fraction of sp³-hybridized carbons (Fsp3) is 0.938. The number of nitrogens with one attached hydrogen (secondary N) is 1. The van der Waals surface area contributed by atoms with Crippen molar-refractivity contribution >= 4 is 5.91 Å². The van der Waals surface area contributed by atoms with Crippen molar-refractivity contribution in [1.29, 1.82) is 0 Å². The van der Waals surface area contributed by atoms with Crippen LogP contribution in [0.2, 0.25) is 0 Å². The lowest BCUT2D eigenvalue weighted by Gasteiger charge is -2.65. The molecule has 0 bridgehead atoms. The predicted molar refractivity (Wildman–Crippen MR) is 79.5 cm³/mol. The molecule has 1 heterocycles. The maximum Gasteiger partial charge on any atom is 0.241 e. The molecule has 3 fully saturated rings. The van der Waals surface area contributed by atoms with Gasteiger partial charge in [0.25, 0.3) is 0 Å². The van der Waals surface area contributed by atoms with Gasteiger partial charge < -0.3 is 20.9 Å². The molecule has 0 radical (unpaired) electrons. The minimum absolute atomic E-state index is 0.0411. The number of aliphatic hydroxyl groups is 1. The number of aliphatic hydroxyl groups excluding tert-OH is 1. The maximum absolute atomic E-state index is 12.7. The number of carbonyl (C=O) groups excluding carboxylic acids is 1. The first-order valence-electron chi connectivity index (χ1n) is 8.24. The van der Waals surface area contributed by atoms with Gasteiger partial charge in [-0.3, -0.25) is 4.79 Å². The van der Waals surface area contributed by atoms with Crippen LogP contribution in [0.3, 0.4) is 0 Å². The number of rotatable bonds is 3. The van der Waals surface area contributed by atoms with Gasteiger partial charge in [0.2, 0.25) is 5.91 Å². The van der Waals surface area contributed by atoms with Gasteiger partial charge in [0.05, 0.1) is 12.2 Å². The molecule has 5 atom stereocenters. The number of hydrogen-bond acceptors (Lipinski definition) is 4. The molecule has 2 aliphatic carbocycles. The number of carbonyl (C=O) groups is 1. The zero-order valence-corrected chi connectivity index (χ0v) is 13.1. The lowest BCUT2D eigenvalue weighted by Crippen LogP contribution is -2.82. The van der Waals surface area contributed by atoms with Crippen LogP contribution in [0, 0.1) is 17.3 Å². The van der Waals surface area contributed by atoms with Crippen molar-refractivity contribution in [3.05, 3.63) is 0 Å². The Bertz CT molecular complexity index is 426. The number of hydrogen-bond donors (Lipinski definition) is 3. The molecule has 1 amide bonds. The van der Waals surface area contributed by atoms with Gasteiger partial charge in [-0.25, -0.2) is 0 Å². The minimum atomic E-state index is -0.824. The van der Waals surface area contributed by atoms with Crippen LogP contribution in [-0.4, -0.2) is 41.9 Å². The molecular weight excluding hydrogens is 268 g/mol. The smallest absolute Gasteiger partial charge is 0.241 e. The van der Waals surface area contributed by atoms with Crippen LogP contribution in [0.1, 0.15) is 46.0 Å². The molecule has 5 unspecified atom stereocenters. The SMILES string of the molecule is CC1(C)C2OCCCC2C1(N)C(=O)NCC1CCC(O)C1. The summed E-state index contributed by atoms with van der Waals surface area (Å²) in [5.41, 5.74) is 5.40. The fourth-order valence-electron chi connectivity index (χ4n) is 4.65. The molecule has 2 saturated carbocycles. The average molecular weight is 296 g/mol. The second kappa shape index (κ2) is 5.21. The van der Waals surface area contributed by atoms with Crippen molar-refractivity contribution in [3.8, 4) is 0 Å². The fourth-order valence-corrected chi connectivity index (χ4v) is 4.65. The second-order valence-corrected chi connectivity index (χ2v) is 7.67. The number of fused-ring (bicyclic) bond motifs is 1.